The van der Waals surface area contributed by atoms with Gasteiger partial charge < -0.3 is 10.0 Å². The minimum atomic E-state index is -0.192. The molecule has 1 aromatic carbocycles. The highest BCUT2D eigenvalue weighted by Crippen LogP contribution is 2.24. The number of piperazine rings is 1. The molecule has 3 nitrogen and oxygen atoms in total. The van der Waals surface area contributed by atoms with Crippen molar-refractivity contribution in [3.8, 4) is 0 Å². The number of β-amino-alcohol motifs (C(OH)–C–C–N with tert-alkyl or cyclic N) is 1. The number of anilines is 1. The summed E-state index contributed by atoms with van der Waals surface area (Å²) in [5.41, 5.74) is 4.13. The first-order valence-electron chi connectivity index (χ1n) is 8.24. The lowest BCUT2D eigenvalue weighted by Crippen LogP contribution is -2.49. The van der Waals surface area contributed by atoms with Crippen molar-refractivity contribution in [1.29, 1.82) is 0 Å². The third-order valence-electron chi connectivity index (χ3n) is 5.04. The van der Waals surface area contributed by atoms with E-state index in [9.17, 15) is 5.11 Å². The summed E-state index contributed by atoms with van der Waals surface area (Å²) >= 11 is 0. The molecule has 1 aromatic rings. The zero-order valence-electron chi connectivity index (χ0n) is 14.0. The van der Waals surface area contributed by atoms with E-state index in [0.29, 0.717) is 5.92 Å². The van der Waals surface area contributed by atoms with E-state index in [4.69, 9.17) is 0 Å². The minimum absolute atomic E-state index is 0.192. The molecule has 2 atom stereocenters. The van der Waals surface area contributed by atoms with Gasteiger partial charge in [-0.2, -0.15) is 0 Å². The Morgan fingerprint density at radius 3 is 2.43 bits per heavy atom. The van der Waals surface area contributed by atoms with E-state index in [0.717, 1.165) is 39.1 Å². The van der Waals surface area contributed by atoms with Crippen molar-refractivity contribution in [2.45, 2.75) is 40.2 Å². The molecule has 0 amide bonds. The summed E-state index contributed by atoms with van der Waals surface area (Å²) in [6.07, 6.45) is 0.853. The second kappa shape index (κ2) is 7.28. The lowest BCUT2D eigenvalue weighted by Gasteiger charge is -2.38. The molecule has 0 aromatic heterocycles. The monoisotopic (exact) mass is 290 g/mol. The van der Waals surface area contributed by atoms with E-state index in [2.05, 4.69) is 55.7 Å². The second-order valence-corrected chi connectivity index (χ2v) is 6.46. The Morgan fingerprint density at radius 1 is 1.14 bits per heavy atom. The molecule has 1 N–H and O–H groups in total. The number of aliphatic hydroxyl groups excluding tert-OH is 1. The Labute approximate surface area is 129 Å². The number of hydrogen-bond donors (Lipinski definition) is 1. The normalized spacial score (nSPS) is 19.6. The maximum Gasteiger partial charge on any atom is 0.0692 e. The summed E-state index contributed by atoms with van der Waals surface area (Å²) in [6.45, 7) is 13.7. The van der Waals surface area contributed by atoms with Gasteiger partial charge in [-0.1, -0.05) is 32.4 Å². The fourth-order valence-electron chi connectivity index (χ4n) is 2.97. The van der Waals surface area contributed by atoms with Crippen molar-refractivity contribution in [2.75, 3.05) is 37.6 Å². The Kier molecular flexibility index (Phi) is 5.65. The van der Waals surface area contributed by atoms with Crippen LogP contribution in [0.15, 0.2) is 18.2 Å². The number of aliphatic hydroxyl groups is 1. The molecule has 0 spiro atoms. The van der Waals surface area contributed by atoms with Gasteiger partial charge >= 0.3 is 0 Å². The molecule has 0 radical (unpaired) electrons. The van der Waals surface area contributed by atoms with Crippen LogP contribution in [0.1, 0.15) is 31.4 Å². The Hall–Kier alpha value is -1.06. The Morgan fingerprint density at radius 2 is 1.81 bits per heavy atom. The van der Waals surface area contributed by atoms with Crippen molar-refractivity contribution in [1.82, 2.24) is 4.90 Å². The van der Waals surface area contributed by atoms with Crippen molar-refractivity contribution >= 4 is 5.69 Å². The number of rotatable bonds is 5. The average molecular weight is 290 g/mol. The number of benzene rings is 1. The van der Waals surface area contributed by atoms with E-state index in [1.807, 2.05) is 0 Å². The molecule has 0 saturated carbocycles. The van der Waals surface area contributed by atoms with Gasteiger partial charge in [-0.05, 0) is 37.0 Å². The molecule has 1 saturated heterocycles. The molecular weight excluding hydrogens is 260 g/mol. The van der Waals surface area contributed by atoms with Crippen molar-refractivity contribution in [3.63, 3.8) is 0 Å². The first-order valence-corrected chi connectivity index (χ1v) is 8.24. The minimum Gasteiger partial charge on any atom is -0.392 e. The molecule has 0 aliphatic carbocycles. The molecule has 21 heavy (non-hydrogen) atoms. The van der Waals surface area contributed by atoms with Crippen LogP contribution < -0.4 is 4.90 Å². The van der Waals surface area contributed by atoms with Crippen LogP contribution >= 0.6 is 0 Å². The first-order chi connectivity index (χ1) is 10.0. The molecule has 1 heterocycles. The molecule has 1 aliphatic rings. The zero-order valence-corrected chi connectivity index (χ0v) is 14.0. The van der Waals surface area contributed by atoms with Gasteiger partial charge in [0, 0.05) is 38.4 Å². The topological polar surface area (TPSA) is 26.7 Å². The van der Waals surface area contributed by atoms with Gasteiger partial charge in [0.05, 0.1) is 6.10 Å². The maximum atomic E-state index is 10.2. The van der Waals surface area contributed by atoms with Gasteiger partial charge in [-0.3, -0.25) is 4.90 Å². The highest BCUT2D eigenvalue weighted by molar-refractivity contribution is 5.56. The number of nitrogens with zero attached hydrogens (tertiary/aromatic N) is 2. The first kappa shape index (κ1) is 16.3. The van der Waals surface area contributed by atoms with Gasteiger partial charge in [0.25, 0.3) is 0 Å². The van der Waals surface area contributed by atoms with Gasteiger partial charge in [0.1, 0.15) is 0 Å². The summed E-state index contributed by atoms with van der Waals surface area (Å²) in [4.78, 5) is 4.88. The van der Waals surface area contributed by atoms with E-state index >= 15 is 0 Å². The largest absolute Gasteiger partial charge is 0.392 e. The van der Waals surface area contributed by atoms with Gasteiger partial charge in [0.15, 0.2) is 0 Å². The molecule has 2 unspecified atom stereocenters. The van der Waals surface area contributed by atoms with Crippen LogP contribution in [0.3, 0.4) is 0 Å². The van der Waals surface area contributed by atoms with Crippen LogP contribution in [0.25, 0.3) is 0 Å². The quantitative estimate of drug-likeness (QED) is 0.903. The van der Waals surface area contributed by atoms with Crippen LogP contribution in [-0.4, -0.2) is 48.8 Å². The summed E-state index contributed by atoms with van der Waals surface area (Å²) in [5.74, 6) is 0.391. The van der Waals surface area contributed by atoms with Crippen molar-refractivity contribution in [3.05, 3.63) is 29.3 Å². The molecule has 3 heteroatoms. The summed E-state index contributed by atoms with van der Waals surface area (Å²) in [6, 6.07) is 6.56. The molecule has 2 rings (SSSR count). The lowest BCUT2D eigenvalue weighted by molar-refractivity contribution is 0.0663. The third kappa shape index (κ3) is 3.98. The van der Waals surface area contributed by atoms with E-state index in [1.54, 1.807) is 0 Å². The highest BCUT2D eigenvalue weighted by Gasteiger charge is 2.22. The molecular formula is C18H30N2O. The fourth-order valence-corrected chi connectivity index (χ4v) is 2.97. The number of hydrogen-bond acceptors (Lipinski definition) is 3. The molecule has 118 valence electrons. The SMILES string of the molecule is CCC(C)C(O)CN1CCN(c2cccc(C)c2C)CC1. The van der Waals surface area contributed by atoms with Crippen LogP contribution in [0.5, 0.6) is 0 Å². The summed E-state index contributed by atoms with van der Waals surface area (Å²) < 4.78 is 0. The Bertz CT molecular complexity index is 453. The van der Waals surface area contributed by atoms with Crippen LogP contribution in [0.4, 0.5) is 5.69 Å². The van der Waals surface area contributed by atoms with Crippen LogP contribution in [0, 0.1) is 19.8 Å². The van der Waals surface area contributed by atoms with Gasteiger partial charge in [-0.25, -0.2) is 0 Å². The van der Waals surface area contributed by atoms with Crippen molar-refractivity contribution in [2.24, 2.45) is 5.92 Å². The summed E-state index contributed by atoms with van der Waals surface area (Å²) in [7, 11) is 0. The van der Waals surface area contributed by atoms with Gasteiger partial charge in [-0.15, -0.1) is 0 Å². The van der Waals surface area contributed by atoms with Gasteiger partial charge in [0.2, 0.25) is 0 Å². The highest BCUT2D eigenvalue weighted by atomic mass is 16.3. The molecule has 0 bridgehead atoms. The lowest BCUT2D eigenvalue weighted by atomic mass is 10.0. The van der Waals surface area contributed by atoms with Crippen LogP contribution in [-0.2, 0) is 0 Å². The third-order valence-corrected chi connectivity index (χ3v) is 5.04. The van der Waals surface area contributed by atoms with Crippen molar-refractivity contribution < 1.29 is 5.11 Å². The predicted molar refractivity (Wildman–Crippen MR) is 90.0 cm³/mol. The molecule has 1 fully saturated rings. The fraction of sp³-hybridized carbons (Fsp3) is 0.667. The number of aryl methyl sites for hydroxylation is 1. The van der Waals surface area contributed by atoms with E-state index in [1.165, 1.54) is 16.8 Å². The van der Waals surface area contributed by atoms with E-state index in [-0.39, 0.29) is 6.10 Å². The second-order valence-electron chi connectivity index (χ2n) is 6.46. The Balaban J connectivity index is 1.90. The average Bonchev–Trinajstić information content (AvgIpc) is 2.50. The molecule has 1 aliphatic heterocycles. The predicted octanol–water partition coefficient (Wildman–Crippen LogP) is 2.83. The maximum absolute atomic E-state index is 10.2. The zero-order chi connectivity index (χ0) is 15.4. The van der Waals surface area contributed by atoms with Crippen LogP contribution in [0.2, 0.25) is 0 Å². The summed E-state index contributed by atoms with van der Waals surface area (Å²) in [5, 5.41) is 10.2. The smallest absolute Gasteiger partial charge is 0.0692 e. The standard InChI is InChI=1S/C18H30N2O/c1-5-14(2)18(21)13-19-9-11-20(12-10-19)17-8-6-7-15(3)16(17)4/h6-8,14,18,21H,5,9-13H2,1-4H3. The van der Waals surface area contributed by atoms with E-state index < -0.39 is 0 Å².